The number of nitrogens with one attached hydrogen (secondary N) is 1. The number of hydrogen-bond donors (Lipinski definition) is 4. The smallest absolute Gasteiger partial charge is 0.311 e. The van der Waals surface area contributed by atoms with Crippen molar-refractivity contribution < 1.29 is 27.8 Å². The third kappa shape index (κ3) is 7.02. The molecule has 0 heterocycles. The van der Waals surface area contributed by atoms with Crippen LogP contribution in [0.15, 0.2) is 66.7 Å². The number of carboxylic acids is 1. The number of nitrogens with two attached hydrogens (primary N) is 1. The van der Waals surface area contributed by atoms with Crippen LogP contribution in [0.4, 0.5) is 0 Å². The molecule has 0 radical (unpaired) electrons. The van der Waals surface area contributed by atoms with Gasteiger partial charge in [0.25, 0.3) is 0 Å². The maximum absolute atomic E-state index is 13.5. The zero-order chi connectivity index (χ0) is 26.5. The minimum Gasteiger partial charge on any atom is -0.481 e. The topological polar surface area (TPSA) is 147 Å². The van der Waals surface area contributed by atoms with Crippen molar-refractivity contribution in [2.75, 3.05) is 11.9 Å². The van der Waals surface area contributed by atoms with E-state index in [2.05, 4.69) is 4.72 Å². The first-order valence-corrected chi connectivity index (χ1v) is 15.3. The summed E-state index contributed by atoms with van der Waals surface area (Å²) in [7, 11) is -8.24. The van der Waals surface area contributed by atoms with Crippen LogP contribution < -0.4 is 10.5 Å². The predicted molar refractivity (Wildman–Crippen MR) is 143 cm³/mol. The summed E-state index contributed by atoms with van der Waals surface area (Å²) in [6.07, 6.45) is -0.383. The third-order valence-electron chi connectivity index (χ3n) is 6.22. The molecule has 0 spiro atoms. The molecule has 8 nitrogen and oxygen atoms in total. The van der Waals surface area contributed by atoms with E-state index < -0.39 is 47.1 Å². The van der Waals surface area contributed by atoms with Crippen molar-refractivity contribution in [3.8, 4) is 0 Å². The number of rotatable bonds is 12. The second-order valence-corrected chi connectivity index (χ2v) is 13.6. The second-order valence-electron chi connectivity index (χ2n) is 9.29. The predicted octanol–water partition coefficient (Wildman–Crippen LogP) is 3.88. The Bertz CT molecular complexity index is 1370. The first-order valence-electron chi connectivity index (χ1n) is 11.7. The van der Waals surface area contributed by atoms with Crippen molar-refractivity contribution in [2.45, 2.75) is 38.5 Å². The van der Waals surface area contributed by atoms with Gasteiger partial charge in [-0.2, -0.15) is 0 Å². The Hall–Kier alpha value is -2.55. The fourth-order valence-corrected chi connectivity index (χ4v) is 8.76. The summed E-state index contributed by atoms with van der Waals surface area (Å²) in [5.74, 6) is -4.69. The number of carboxylic acid groups (broad SMARTS) is 1. The van der Waals surface area contributed by atoms with Crippen LogP contribution in [0.25, 0.3) is 10.8 Å². The van der Waals surface area contributed by atoms with Crippen LogP contribution in [0.2, 0.25) is 0 Å². The molecule has 0 saturated carbocycles. The van der Waals surface area contributed by atoms with Crippen LogP contribution >= 0.6 is 7.37 Å². The molecule has 0 aromatic heterocycles. The summed E-state index contributed by atoms with van der Waals surface area (Å²) in [5, 5.41) is 11.8. The monoisotopic (exact) mass is 532 g/mol. The van der Waals surface area contributed by atoms with Crippen LogP contribution in [0.5, 0.6) is 0 Å². The molecule has 10 heteroatoms. The Morgan fingerprint density at radius 1 is 1.06 bits per heavy atom. The van der Waals surface area contributed by atoms with Crippen molar-refractivity contribution in [3.05, 3.63) is 83.4 Å². The van der Waals surface area contributed by atoms with Gasteiger partial charge in [-0.05, 0) is 39.8 Å². The van der Waals surface area contributed by atoms with E-state index >= 15 is 0 Å². The zero-order valence-corrected chi connectivity index (χ0v) is 22.1. The Kier molecular flexibility index (Phi) is 9.08. The number of aryl methyl sites for hydroxylation is 1. The molecule has 194 valence electrons. The largest absolute Gasteiger partial charge is 0.481 e. The number of fused-ring (bicyclic) bond motifs is 1. The van der Waals surface area contributed by atoms with E-state index in [4.69, 9.17) is 5.73 Å². The molecule has 3 unspecified atom stereocenters. The zero-order valence-electron chi connectivity index (χ0n) is 20.4. The van der Waals surface area contributed by atoms with Gasteiger partial charge in [-0.3, -0.25) is 9.36 Å². The molecule has 0 bridgehead atoms. The average Bonchev–Trinajstić information content (AvgIpc) is 2.84. The number of carbonyl (C=O) groups is 1. The third-order valence-corrected chi connectivity index (χ3v) is 10.2. The highest BCUT2D eigenvalue weighted by molar-refractivity contribution is 7.89. The van der Waals surface area contributed by atoms with Gasteiger partial charge >= 0.3 is 5.97 Å². The fourth-order valence-electron chi connectivity index (χ4n) is 4.32. The fraction of sp³-hybridized carbons (Fsp3) is 0.346. The van der Waals surface area contributed by atoms with Crippen molar-refractivity contribution in [3.63, 3.8) is 0 Å². The highest BCUT2D eigenvalue weighted by atomic mass is 32.2. The van der Waals surface area contributed by atoms with Crippen LogP contribution in [0, 0.1) is 5.92 Å². The molecule has 5 N–H and O–H groups in total. The van der Waals surface area contributed by atoms with Gasteiger partial charge in [0.1, 0.15) is 5.78 Å². The number of benzene rings is 3. The molecule has 3 aromatic rings. The summed E-state index contributed by atoms with van der Waals surface area (Å²) >= 11 is 0. The Morgan fingerprint density at radius 3 is 2.39 bits per heavy atom. The van der Waals surface area contributed by atoms with Gasteiger partial charge in [-0.25, -0.2) is 13.1 Å². The highest BCUT2D eigenvalue weighted by Gasteiger charge is 2.40. The lowest BCUT2D eigenvalue weighted by Crippen LogP contribution is -2.41. The summed E-state index contributed by atoms with van der Waals surface area (Å²) in [6.45, 7) is 3.46. The number of hydrogen-bond acceptors (Lipinski definition) is 5. The van der Waals surface area contributed by atoms with Crippen LogP contribution in [0.1, 0.15) is 36.5 Å². The van der Waals surface area contributed by atoms with E-state index in [1.807, 2.05) is 42.5 Å². The van der Waals surface area contributed by atoms with E-state index in [0.29, 0.717) is 11.1 Å². The minimum absolute atomic E-state index is 0.197. The Balaban J connectivity index is 1.80. The molecule has 36 heavy (non-hydrogen) atoms. The van der Waals surface area contributed by atoms with Crippen molar-refractivity contribution in [2.24, 2.45) is 11.7 Å². The van der Waals surface area contributed by atoms with Crippen LogP contribution in [-0.4, -0.2) is 42.1 Å². The number of sulfonamides is 1. The quantitative estimate of drug-likeness (QED) is 0.259. The SMILES string of the molecule is CC(C)C(NS(=O)(=O)CCc1cccc2ccccc12)P(=O)(O)CC(C(=O)O)c1cccc(CN)c1. The van der Waals surface area contributed by atoms with Gasteiger partial charge in [0.15, 0.2) is 0 Å². The first kappa shape index (κ1) is 28.0. The van der Waals surface area contributed by atoms with E-state index in [1.165, 1.54) is 0 Å². The second kappa shape index (κ2) is 11.7. The van der Waals surface area contributed by atoms with Crippen molar-refractivity contribution >= 4 is 34.1 Å². The summed E-state index contributed by atoms with van der Waals surface area (Å²) in [6, 6.07) is 19.9. The van der Waals surface area contributed by atoms with Gasteiger partial charge in [-0.1, -0.05) is 80.6 Å². The Morgan fingerprint density at radius 2 is 1.72 bits per heavy atom. The van der Waals surface area contributed by atoms with Crippen LogP contribution in [-0.2, 0) is 32.3 Å². The van der Waals surface area contributed by atoms with Crippen molar-refractivity contribution in [1.82, 2.24) is 4.72 Å². The maximum atomic E-state index is 13.5. The molecule has 0 amide bonds. The first-order chi connectivity index (χ1) is 16.9. The van der Waals surface area contributed by atoms with E-state index in [0.717, 1.165) is 16.3 Å². The van der Waals surface area contributed by atoms with Gasteiger partial charge in [0.05, 0.1) is 11.7 Å². The standard InChI is InChI=1S/C26H33N2O6PS/c1-18(2)25(35(31,32)17-24(26(29)30)22-11-5-7-19(15-22)16-27)28-36(33,34)14-13-21-10-6-9-20-8-3-4-12-23(20)21/h3-12,15,18,24-25,28H,13-14,16-17,27H2,1-2H3,(H,29,30)(H,31,32). The van der Waals surface area contributed by atoms with Crippen LogP contribution in [0.3, 0.4) is 0 Å². The summed E-state index contributed by atoms with van der Waals surface area (Å²) < 4.78 is 41.9. The molecule has 3 rings (SSSR count). The molecule has 0 aliphatic carbocycles. The molecule has 3 aromatic carbocycles. The van der Waals surface area contributed by atoms with Gasteiger partial charge in [-0.15, -0.1) is 0 Å². The molecular weight excluding hydrogens is 499 g/mol. The average molecular weight is 533 g/mol. The summed E-state index contributed by atoms with van der Waals surface area (Å²) in [5.41, 5.74) is 7.55. The Labute approximate surface area is 212 Å². The van der Waals surface area contributed by atoms with Gasteiger partial charge in [0.2, 0.25) is 17.4 Å². The van der Waals surface area contributed by atoms with E-state index in [1.54, 1.807) is 38.1 Å². The van der Waals surface area contributed by atoms with Gasteiger partial charge in [0, 0.05) is 12.7 Å². The molecule has 3 atom stereocenters. The molecule has 0 fully saturated rings. The van der Waals surface area contributed by atoms with E-state index in [-0.39, 0.29) is 18.7 Å². The number of aliphatic carboxylic acids is 1. The maximum Gasteiger partial charge on any atom is 0.311 e. The normalized spacial score (nSPS) is 15.5. The van der Waals surface area contributed by atoms with Crippen molar-refractivity contribution in [1.29, 1.82) is 0 Å². The lowest BCUT2D eigenvalue weighted by molar-refractivity contribution is -0.138. The van der Waals surface area contributed by atoms with Gasteiger partial charge < -0.3 is 15.7 Å². The lowest BCUT2D eigenvalue weighted by atomic mass is 9.99. The highest BCUT2D eigenvalue weighted by Crippen LogP contribution is 2.51. The lowest BCUT2D eigenvalue weighted by Gasteiger charge is -2.29. The molecule has 0 aliphatic heterocycles. The molecular formula is C26H33N2O6PS. The molecule has 0 saturated heterocycles. The summed E-state index contributed by atoms with van der Waals surface area (Å²) in [4.78, 5) is 23.0. The van der Waals surface area contributed by atoms with E-state index in [9.17, 15) is 27.8 Å². The minimum atomic E-state index is -4.29. The molecule has 0 aliphatic rings.